The van der Waals surface area contributed by atoms with Crippen molar-refractivity contribution in [1.29, 1.82) is 0 Å². The minimum Gasteiger partial charge on any atom is -0.479 e. The predicted octanol–water partition coefficient (Wildman–Crippen LogP) is 1.44. The Morgan fingerprint density at radius 1 is 1.47 bits per heavy atom. The molecule has 0 unspecified atom stereocenters. The highest BCUT2D eigenvalue weighted by atomic mass is 16.5. The second kappa shape index (κ2) is 7.30. The summed E-state index contributed by atoms with van der Waals surface area (Å²) in [6.45, 7) is 2.92. The Hall–Kier alpha value is -2.18. The minimum atomic E-state index is -0.951. The maximum Gasteiger partial charge on any atom is 0.407 e. The molecule has 0 atom stereocenters. The van der Waals surface area contributed by atoms with Crippen LogP contribution in [0.3, 0.4) is 0 Å². The Morgan fingerprint density at radius 2 is 2.21 bits per heavy atom. The number of ether oxygens (including phenoxy) is 2. The van der Waals surface area contributed by atoms with Gasteiger partial charge in [0.05, 0.1) is 19.3 Å². The molecule has 1 aromatic heterocycles. The number of hydrogen-bond acceptors (Lipinski definition) is 5. The normalized spacial score (nSPS) is 10.0. The fourth-order valence-electron chi connectivity index (χ4n) is 1.51. The molecule has 1 aromatic rings. The van der Waals surface area contributed by atoms with E-state index in [4.69, 9.17) is 20.3 Å². The summed E-state index contributed by atoms with van der Waals surface area (Å²) < 4.78 is 10.3. The fourth-order valence-corrected chi connectivity index (χ4v) is 1.51. The molecule has 0 saturated heterocycles. The second-order valence-electron chi connectivity index (χ2n) is 3.87. The van der Waals surface area contributed by atoms with Gasteiger partial charge in [-0.25, -0.2) is 4.79 Å². The molecule has 0 aliphatic rings. The molecule has 1 heterocycles. The Balaban J connectivity index is 2.50. The molecule has 0 spiro atoms. The first-order chi connectivity index (χ1) is 9.08. The zero-order valence-corrected chi connectivity index (χ0v) is 11.1. The van der Waals surface area contributed by atoms with Gasteiger partial charge in [0, 0.05) is 12.6 Å². The number of carbonyl (C=O) groups is 1. The monoisotopic (exact) mass is 269 g/mol. The minimum absolute atomic E-state index is 0.229. The first-order valence-corrected chi connectivity index (χ1v) is 5.99. The number of nitrogen functional groups attached to an aromatic ring is 1. The number of hydrogen-bond donors (Lipinski definition) is 2. The van der Waals surface area contributed by atoms with Gasteiger partial charge < -0.3 is 25.2 Å². The van der Waals surface area contributed by atoms with Gasteiger partial charge in [0.25, 0.3) is 0 Å². The number of rotatable bonds is 7. The number of amides is 1. The van der Waals surface area contributed by atoms with E-state index in [1.165, 1.54) is 12.0 Å². The third kappa shape index (κ3) is 4.53. The molecule has 7 heteroatoms. The molecule has 0 saturated carbocycles. The summed E-state index contributed by atoms with van der Waals surface area (Å²) in [6.07, 6.45) is -0.187. The van der Waals surface area contributed by atoms with Crippen molar-refractivity contribution in [2.75, 3.05) is 32.5 Å². The molecular formula is C12H19N3O4. The van der Waals surface area contributed by atoms with Gasteiger partial charge in [-0.3, -0.25) is 0 Å². The molecule has 0 radical (unpaired) electrons. The number of aromatic nitrogens is 1. The van der Waals surface area contributed by atoms with E-state index in [1.807, 2.05) is 6.92 Å². The van der Waals surface area contributed by atoms with E-state index in [1.54, 1.807) is 12.1 Å². The summed E-state index contributed by atoms with van der Waals surface area (Å²) in [7, 11) is 1.47. The van der Waals surface area contributed by atoms with Crippen molar-refractivity contribution in [2.24, 2.45) is 0 Å². The zero-order chi connectivity index (χ0) is 14.3. The van der Waals surface area contributed by atoms with E-state index in [0.29, 0.717) is 24.0 Å². The van der Waals surface area contributed by atoms with Gasteiger partial charge in [0.2, 0.25) is 11.8 Å². The van der Waals surface area contributed by atoms with Gasteiger partial charge in [0.15, 0.2) is 0 Å². The van der Waals surface area contributed by atoms with Crippen LogP contribution in [-0.2, 0) is 0 Å². The number of pyridine rings is 1. The van der Waals surface area contributed by atoms with Crippen molar-refractivity contribution in [3.63, 3.8) is 0 Å². The van der Waals surface area contributed by atoms with Crippen molar-refractivity contribution in [3.05, 3.63) is 12.1 Å². The van der Waals surface area contributed by atoms with E-state index in [0.717, 1.165) is 6.42 Å². The van der Waals surface area contributed by atoms with Crippen LogP contribution in [0.4, 0.5) is 10.5 Å². The molecule has 0 aliphatic heterocycles. The third-order valence-electron chi connectivity index (χ3n) is 2.43. The van der Waals surface area contributed by atoms with Crippen molar-refractivity contribution in [2.45, 2.75) is 13.3 Å². The Bertz CT molecular complexity index is 425. The van der Waals surface area contributed by atoms with Crippen molar-refractivity contribution >= 4 is 11.8 Å². The van der Waals surface area contributed by atoms with Crippen molar-refractivity contribution in [1.82, 2.24) is 9.88 Å². The highest BCUT2D eigenvalue weighted by Gasteiger charge is 2.10. The Morgan fingerprint density at radius 3 is 2.79 bits per heavy atom. The molecule has 7 nitrogen and oxygen atoms in total. The number of nitrogens with two attached hydrogens (primary N) is 1. The van der Waals surface area contributed by atoms with Crippen LogP contribution >= 0.6 is 0 Å². The quantitative estimate of drug-likeness (QED) is 0.777. The van der Waals surface area contributed by atoms with E-state index in [9.17, 15) is 4.79 Å². The lowest BCUT2D eigenvalue weighted by Gasteiger charge is -2.18. The lowest BCUT2D eigenvalue weighted by Crippen LogP contribution is -2.34. The SMILES string of the molecule is CCCN(CCOc1ccc(N)c(OC)n1)C(=O)O. The molecule has 1 amide bonds. The standard InChI is InChI=1S/C12H19N3O4/c1-3-6-15(12(16)17)7-8-19-10-5-4-9(13)11(14-10)18-2/h4-5H,3,6-8,13H2,1-2H3,(H,16,17). The van der Waals surface area contributed by atoms with Gasteiger partial charge in [-0.05, 0) is 12.5 Å². The molecule has 19 heavy (non-hydrogen) atoms. The zero-order valence-electron chi connectivity index (χ0n) is 11.1. The fraction of sp³-hybridized carbons (Fsp3) is 0.500. The molecule has 0 aliphatic carbocycles. The Labute approximate surface area is 111 Å². The third-order valence-corrected chi connectivity index (χ3v) is 2.43. The largest absolute Gasteiger partial charge is 0.479 e. The van der Waals surface area contributed by atoms with Gasteiger partial charge in [-0.1, -0.05) is 6.92 Å². The highest BCUT2D eigenvalue weighted by molar-refractivity contribution is 5.64. The number of nitrogens with zero attached hydrogens (tertiary/aromatic N) is 2. The van der Waals surface area contributed by atoms with Gasteiger partial charge >= 0.3 is 6.09 Å². The van der Waals surface area contributed by atoms with Crippen LogP contribution in [0.15, 0.2) is 12.1 Å². The van der Waals surface area contributed by atoms with Crippen LogP contribution in [0.5, 0.6) is 11.8 Å². The van der Waals surface area contributed by atoms with Crippen LogP contribution in [0.25, 0.3) is 0 Å². The van der Waals surface area contributed by atoms with Crippen LogP contribution < -0.4 is 15.2 Å². The smallest absolute Gasteiger partial charge is 0.407 e. The first-order valence-electron chi connectivity index (χ1n) is 5.99. The predicted molar refractivity (Wildman–Crippen MR) is 70.6 cm³/mol. The maximum absolute atomic E-state index is 10.9. The average Bonchev–Trinajstić information content (AvgIpc) is 2.39. The first kappa shape index (κ1) is 14.9. The molecule has 106 valence electrons. The van der Waals surface area contributed by atoms with Crippen molar-refractivity contribution in [3.8, 4) is 11.8 Å². The van der Waals surface area contributed by atoms with Crippen LogP contribution in [0.2, 0.25) is 0 Å². The van der Waals surface area contributed by atoms with Gasteiger partial charge in [0.1, 0.15) is 6.61 Å². The maximum atomic E-state index is 10.9. The van der Waals surface area contributed by atoms with Gasteiger partial charge in [-0.15, -0.1) is 0 Å². The molecule has 1 rings (SSSR count). The highest BCUT2D eigenvalue weighted by Crippen LogP contribution is 2.21. The average molecular weight is 269 g/mol. The molecule has 0 aromatic carbocycles. The van der Waals surface area contributed by atoms with Gasteiger partial charge in [-0.2, -0.15) is 4.98 Å². The molecule has 0 bridgehead atoms. The number of anilines is 1. The number of carboxylic acid groups (broad SMARTS) is 1. The topological polar surface area (TPSA) is 97.9 Å². The second-order valence-corrected chi connectivity index (χ2v) is 3.87. The summed E-state index contributed by atoms with van der Waals surface area (Å²) in [5, 5.41) is 8.94. The van der Waals surface area contributed by atoms with E-state index in [2.05, 4.69) is 4.98 Å². The van der Waals surface area contributed by atoms with E-state index >= 15 is 0 Å². The Kier molecular flexibility index (Phi) is 5.72. The molecular weight excluding hydrogens is 250 g/mol. The van der Waals surface area contributed by atoms with Crippen molar-refractivity contribution < 1.29 is 19.4 Å². The summed E-state index contributed by atoms with van der Waals surface area (Å²) in [5.41, 5.74) is 6.05. The summed E-state index contributed by atoms with van der Waals surface area (Å²) in [4.78, 5) is 16.2. The number of methoxy groups -OCH3 is 1. The molecule has 0 fully saturated rings. The lowest BCUT2D eigenvalue weighted by molar-refractivity contribution is 0.134. The molecule has 3 N–H and O–H groups in total. The summed E-state index contributed by atoms with van der Waals surface area (Å²) in [6, 6.07) is 3.24. The summed E-state index contributed by atoms with van der Waals surface area (Å²) in [5.74, 6) is 0.647. The van der Waals surface area contributed by atoms with E-state index < -0.39 is 6.09 Å². The summed E-state index contributed by atoms with van der Waals surface area (Å²) >= 11 is 0. The van der Waals surface area contributed by atoms with Crippen LogP contribution in [-0.4, -0.2) is 47.9 Å². The lowest BCUT2D eigenvalue weighted by atomic mass is 10.4. The van der Waals surface area contributed by atoms with Crippen LogP contribution in [0, 0.1) is 0 Å². The van der Waals surface area contributed by atoms with E-state index in [-0.39, 0.29) is 13.2 Å². The van der Waals surface area contributed by atoms with Crippen LogP contribution in [0.1, 0.15) is 13.3 Å².